The standard InChI is InChI=1S/C11H15FN2O2S/c1-8-7-17(15,16)3-2-14(8)11-5-9(12)4-10(13)6-11/h4-6,8H,2-3,7,13H2,1H3. The Morgan fingerprint density at radius 1 is 1.41 bits per heavy atom. The van der Waals surface area contributed by atoms with Gasteiger partial charge < -0.3 is 10.6 Å². The lowest BCUT2D eigenvalue weighted by molar-refractivity contribution is 0.567. The molecule has 0 saturated carbocycles. The van der Waals surface area contributed by atoms with E-state index < -0.39 is 15.7 Å². The molecule has 0 amide bonds. The van der Waals surface area contributed by atoms with E-state index in [9.17, 15) is 12.8 Å². The zero-order valence-electron chi connectivity index (χ0n) is 9.56. The van der Waals surface area contributed by atoms with Gasteiger partial charge in [-0.25, -0.2) is 12.8 Å². The zero-order valence-corrected chi connectivity index (χ0v) is 10.4. The van der Waals surface area contributed by atoms with Crippen molar-refractivity contribution in [3.05, 3.63) is 24.0 Å². The van der Waals surface area contributed by atoms with Crippen LogP contribution in [0, 0.1) is 5.82 Å². The lowest BCUT2D eigenvalue weighted by Gasteiger charge is -2.35. The van der Waals surface area contributed by atoms with Crippen molar-refractivity contribution in [2.45, 2.75) is 13.0 Å². The fraction of sp³-hybridized carbons (Fsp3) is 0.455. The highest BCUT2D eigenvalue weighted by atomic mass is 32.2. The number of benzene rings is 1. The molecule has 2 rings (SSSR count). The Labute approximate surface area is 100 Å². The van der Waals surface area contributed by atoms with Crippen LogP contribution in [0.1, 0.15) is 6.92 Å². The van der Waals surface area contributed by atoms with Crippen LogP contribution in [0.2, 0.25) is 0 Å². The number of halogens is 1. The average molecular weight is 258 g/mol. The molecule has 6 heteroatoms. The molecule has 0 radical (unpaired) electrons. The normalized spacial score (nSPS) is 23.6. The molecule has 1 atom stereocenters. The van der Waals surface area contributed by atoms with Crippen LogP contribution in [-0.4, -0.2) is 32.5 Å². The van der Waals surface area contributed by atoms with Crippen molar-refractivity contribution in [3.63, 3.8) is 0 Å². The van der Waals surface area contributed by atoms with Crippen molar-refractivity contribution in [3.8, 4) is 0 Å². The Kier molecular flexibility index (Phi) is 2.99. The van der Waals surface area contributed by atoms with Crippen molar-refractivity contribution in [2.24, 2.45) is 0 Å². The van der Waals surface area contributed by atoms with Crippen LogP contribution in [0.25, 0.3) is 0 Å². The summed E-state index contributed by atoms with van der Waals surface area (Å²) in [6, 6.07) is 4.13. The molecule has 1 aromatic carbocycles. The summed E-state index contributed by atoms with van der Waals surface area (Å²) in [5.74, 6) is -0.197. The quantitative estimate of drug-likeness (QED) is 0.764. The first-order valence-electron chi connectivity index (χ1n) is 5.40. The maximum absolute atomic E-state index is 13.2. The van der Waals surface area contributed by atoms with Crippen LogP contribution < -0.4 is 10.6 Å². The molecule has 1 saturated heterocycles. The first-order chi connectivity index (χ1) is 7.87. The third-order valence-corrected chi connectivity index (χ3v) is 4.70. The van der Waals surface area contributed by atoms with Gasteiger partial charge in [0.1, 0.15) is 5.82 Å². The number of hydrogen-bond acceptors (Lipinski definition) is 4. The Morgan fingerprint density at radius 3 is 2.71 bits per heavy atom. The molecule has 1 aliphatic heterocycles. The lowest BCUT2D eigenvalue weighted by Crippen LogP contribution is -2.47. The molecule has 1 unspecified atom stereocenters. The minimum absolute atomic E-state index is 0.101. The molecule has 0 aromatic heterocycles. The molecule has 0 spiro atoms. The van der Waals surface area contributed by atoms with Gasteiger partial charge in [-0.15, -0.1) is 0 Å². The third kappa shape index (κ3) is 2.69. The fourth-order valence-corrected chi connectivity index (χ4v) is 3.70. The molecule has 0 bridgehead atoms. The smallest absolute Gasteiger partial charge is 0.154 e. The summed E-state index contributed by atoms with van der Waals surface area (Å²) >= 11 is 0. The molecule has 1 aliphatic rings. The van der Waals surface area contributed by atoms with Gasteiger partial charge in [-0.3, -0.25) is 0 Å². The molecule has 2 N–H and O–H groups in total. The maximum Gasteiger partial charge on any atom is 0.154 e. The molecular weight excluding hydrogens is 243 g/mol. The summed E-state index contributed by atoms with van der Waals surface area (Å²) in [5.41, 5.74) is 6.57. The minimum atomic E-state index is -2.96. The highest BCUT2D eigenvalue weighted by molar-refractivity contribution is 7.91. The second-order valence-corrected chi connectivity index (χ2v) is 6.63. The monoisotopic (exact) mass is 258 g/mol. The van der Waals surface area contributed by atoms with Crippen molar-refractivity contribution in [2.75, 3.05) is 28.7 Å². The highest BCUT2D eigenvalue weighted by Crippen LogP contribution is 2.24. The van der Waals surface area contributed by atoms with Gasteiger partial charge in [-0.2, -0.15) is 0 Å². The van der Waals surface area contributed by atoms with Gasteiger partial charge in [0.05, 0.1) is 11.5 Å². The molecule has 94 valence electrons. The first kappa shape index (κ1) is 12.2. The molecule has 4 nitrogen and oxygen atoms in total. The van der Waals surface area contributed by atoms with Gasteiger partial charge in [0, 0.05) is 24.0 Å². The first-order valence-corrected chi connectivity index (χ1v) is 7.23. The van der Waals surface area contributed by atoms with Gasteiger partial charge in [0.2, 0.25) is 0 Å². The largest absolute Gasteiger partial charge is 0.399 e. The maximum atomic E-state index is 13.2. The van der Waals surface area contributed by atoms with Crippen LogP contribution in [0.4, 0.5) is 15.8 Å². The number of rotatable bonds is 1. The molecule has 1 fully saturated rings. The van der Waals surface area contributed by atoms with Crippen LogP contribution >= 0.6 is 0 Å². The van der Waals surface area contributed by atoms with Crippen LogP contribution in [0.3, 0.4) is 0 Å². The second-order valence-electron chi connectivity index (χ2n) is 4.40. The van der Waals surface area contributed by atoms with Crippen LogP contribution in [0.15, 0.2) is 18.2 Å². The zero-order chi connectivity index (χ0) is 12.6. The van der Waals surface area contributed by atoms with E-state index in [0.717, 1.165) is 0 Å². The van der Waals surface area contributed by atoms with Crippen molar-refractivity contribution in [1.29, 1.82) is 0 Å². The molecule has 17 heavy (non-hydrogen) atoms. The third-order valence-electron chi connectivity index (χ3n) is 2.91. The van der Waals surface area contributed by atoms with E-state index in [1.807, 2.05) is 11.8 Å². The second kappa shape index (κ2) is 4.18. The molecular formula is C11H15FN2O2S. The summed E-state index contributed by atoms with van der Waals surface area (Å²) in [7, 11) is -2.96. The highest BCUT2D eigenvalue weighted by Gasteiger charge is 2.28. The Balaban J connectivity index is 2.29. The van der Waals surface area contributed by atoms with E-state index in [2.05, 4.69) is 0 Å². The van der Waals surface area contributed by atoms with E-state index in [-0.39, 0.29) is 17.5 Å². The average Bonchev–Trinajstić information content (AvgIpc) is 2.13. The lowest BCUT2D eigenvalue weighted by atomic mass is 10.2. The fourth-order valence-electron chi connectivity index (χ4n) is 2.14. The van der Waals surface area contributed by atoms with Gasteiger partial charge in [0.15, 0.2) is 9.84 Å². The predicted octanol–water partition coefficient (Wildman–Crippen LogP) is 1.03. The minimum Gasteiger partial charge on any atom is -0.399 e. The number of nitrogens with zero attached hydrogens (tertiary/aromatic N) is 1. The number of anilines is 2. The van der Waals surface area contributed by atoms with E-state index >= 15 is 0 Å². The Hall–Kier alpha value is -1.30. The van der Waals surface area contributed by atoms with E-state index in [1.54, 1.807) is 6.07 Å². The number of nitrogen functional groups attached to an aromatic ring is 1. The van der Waals surface area contributed by atoms with Crippen molar-refractivity contribution < 1.29 is 12.8 Å². The Morgan fingerprint density at radius 2 is 2.12 bits per heavy atom. The van der Waals surface area contributed by atoms with Gasteiger partial charge in [-0.1, -0.05) is 0 Å². The topological polar surface area (TPSA) is 63.4 Å². The van der Waals surface area contributed by atoms with Crippen LogP contribution in [0.5, 0.6) is 0 Å². The number of hydrogen-bond donors (Lipinski definition) is 1. The van der Waals surface area contributed by atoms with Crippen molar-refractivity contribution >= 4 is 21.2 Å². The summed E-state index contributed by atoms with van der Waals surface area (Å²) in [6.07, 6.45) is 0. The SMILES string of the molecule is CC1CS(=O)(=O)CCN1c1cc(N)cc(F)c1. The molecule has 1 aromatic rings. The van der Waals surface area contributed by atoms with Crippen molar-refractivity contribution in [1.82, 2.24) is 0 Å². The van der Waals surface area contributed by atoms with E-state index in [0.29, 0.717) is 17.9 Å². The van der Waals surface area contributed by atoms with Gasteiger partial charge >= 0.3 is 0 Å². The number of sulfone groups is 1. The summed E-state index contributed by atoms with van der Waals surface area (Å²) in [5, 5.41) is 0. The number of nitrogens with two attached hydrogens (primary N) is 1. The summed E-state index contributed by atoms with van der Waals surface area (Å²) < 4.78 is 36.1. The predicted molar refractivity (Wildman–Crippen MR) is 66.3 cm³/mol. The van der Waals surface area contributed by atoms with Crippen LogP contribution in [-0.2, 0) is 9.84 Å². The van der Waals surface area contributed by atoms with Gasteiger partial charge in [-0.05, 0) is 25.1 Å². The molecule has 0 aliphatic carbocycles. The van der Waals surface area contributed by atoms with Gasteiger partial charge in [0.25, 0.3) is 0 Å². The van der Waals surface area contributed by atoms with E-state index in [4.69, 9.17) is 5.73 Å². The van der Waals surface area contributed by atoms with E-state index in [1.165, 1.54) is 12.1 Å². The Bertz CT molecular complexity index is 510. The summed E-state index contributed by atoms with van der Waals surface area (Å²) in [6.45, 7) is 2.20. The summed E-state index contributed by atoms with van der Waals surface area (Å²) in [4.78, 5) is 1.88. The molecule has 1 heterocycles.